The van der Waals surface area contributed by atoms with Gasteiger partial charge in [0.2, 0.25) is 5.91 Å². The van der Waals surface area contributed by atoms with Crippen molar-refractivity contribution in [3.8, 4) is 0 Å². The summed E-state index contributed by atoms with van der Waals surface area (Å²) in [5, 5.41) is 2.30. The number of carbonyl (C=O) groups excluding carboxylic acids is 3. The van der Waals surface area contributed by atoms with Crippen molar-refractivity contribution in [2.75, 3.05) is 53.4 Å². The van der Waals surface area contributed by atoms with Crippen LogP contribution in [-0.2, 0) is 9.59 Å². The average Bonchev–Trinajstić information content (AvgIpc) is 2.75. The minimum Gasteiger partial charge on any atom is -0.338 e. The van der Waals surface area contributed by atoms with Gasteiger partial charge in [0, 0.05) is 25.2 Å². The predicted octanol–water partition coefficient (Wildman–Crippen LogP) is -0.445. The van der Waals surface area contributed by atoms with Gasteiger partial charge < -0.3 is 14.7 Å². The van der Waals surface area contributed by atoms with E-state index in [1.165, 1.54) is 4.90 Å². The van der Waals surface area contributed by atoms with E-state index in [1.807, 2.05) is 4.90 Å². The number of rotatable bonds is 2. The fraction of sp³-hybridized carbons (Fsp3) is 0.824. The Kier molecular flexibility index (Phi) is 4.53. The number of likely N-dealkylation sites (tertiary alicyclic amines) is 1. The normalized spacial score (nSPS) is 27.0. The van der Waals surface area contributed by atoms with Crippen molar-refractivity contribution in [1.82, 2.24) is 24.9 Å². The Morgan fingerprint density at radius 3 is 2.28 bits per heavy atom. The van der Waals surface area contributed by atoms with E-state index in [2.05, 4.69) is 29.2 Å². The maximum absolute atomic E-state index is 12.9. The van der Waals surface area contributed by atoms with Crippen molar-refractivity contribution in [2.24, 2.45) is 0 Å². The molecule has 8 nitrogen and oxygen atoms in total. The third kappa shape index (κ3) is 3.13. The summed E-state index contributed by atoms with van der Waals surface area (Å²) in [5.41, 5.74) is -0.955. The quantitative estimate of drug-likeness (QED) is 0.683. The van der Waals surface area contributed by atoms with E-state index in [0.29, 0.717) is 13.1 Å². The maximum Gasteiger partial charge on any atom is 0.325 e. The lowest BCUT2D eigenvalue weighted by molar-refractivity contribution is -0.139. The van der Waals surface area contributed by atoms with E-state index in [4.69, 9.17) is 0 Å². The molecule has 0 saturated carbocycles. The molecule has 0 bridgehead atoms. The Labute approximate surface area is 149 Å². The summed E-state index contributed by atoms with van der Waals surface area (Å²) in [6.45, 7) is 7.54. The zero-order valence-corrected chi connectivity index (χ0v) is 15.7. The molecule has 3 fully saturated rings. The molecular formula is C17H29N5O3. The van der Waals surface area contributed by atoms with Gasteiger partial charge in [-0.05, 0) is 53.9 Å². The van der Waals surface area contributed by atoms with Crippen LogP contribution in [0.3, 0.4) is 0 Å². The third-order valence-corrected chi connectivity index (χ3v) is 6.26. The second-order valence-electron chi connectivity index (χ2n) is 8.17. The summed E-state index contributed by atoms with van der Waals surface area (Å²) in [5.74, 6) is -0.431. The number of piperazine rings is 1. The molecule has 3 saturated heterocycles. The number of hydrogen-bond acceptors (Lipinski definition) is 5. The topological polar surface area (TPSA) is 76.2 Å². The highest BCUT2D eigenvalue weighted by Crippen LogP contribution is 2.31. The van der Waals surface area contributed by atoms with Crippen LogP contribution in [-0.4, -0.2) is 102 Å². The number of piperidine rings is 1. The van der Waals surface area contributed by atoms with Crippen molar-refractivity contribution < 1.29 is 14.4 Å². The molecule has 0 unspecified atom stereocenters. The molecule has 3 aliphatic rings. The van der Waals surface area contributed by atoms with E-state index in [1.54, 1.807) is 13.8 Å². The molecule has 3 rings (SSSR count). The van der Waals surface area contributed by atoms with Crippen molar-refractivity contribution in [1.29, 1.82) is 0 Å². The van der Waals surface area contributed by atoms with Crippen LogP contribution < -0.4 is 5.32 Å². The van der Waals surface area contributed by atoms with E-state index < -0.39 is 11.6 Å². The summed E-state index contributed by atoms with van der Waals surface area (Å²) >= 11 is 0. The van der Waals surface area contributed by atoms with Gasteiger partial charge in [-0.1, -0.05) is 0 Å². The first-order valence-electron chi connectivity index (χ1n) is 8.96. The molecule has 140 valence electrons. The molecule has 3 heterocycles. The van der Waals surface area contributed by atoms with Gasteiger partial charge in [0.15, 0.2) is 0 Å². The molecule has 0 atom stereocenters. The van der Waals surface area contributed by atoms with Crippen LogP contribution in [0.1, 0.15) is 26.7 Å². The third-order valence-electron chi connectivity index (χ3n) is 6.26. The zero-order chi connectivity index (χ0) is 18.4. The molecular weight excluding hydrogens is 322 g/mol. The van der Waals surface area contributed by atoms with Crippen LogP contribution in [0, 0.1) is 0 Å². The number of nitrogens with one attached hydrogen (secondary N) is 1. The van der Waals surface area contributed by atoms with Gasteiger partial charge in [-0.25, -0.2) is 4.79 Å². The number of urea groups is 1. The van der Waals surface area contributed by atoms with Crippen molar-refractivity contribution in [3.63, 3.8) is 0 Å². The van der Waals surface area contributed by atoms with Gasteiger partial charge >= 0.3 is 6.03 Å². The van der Waals surface area contributed by atoms with Crippen LogP contribution >= 0.6 is 0 Å². The van der Waals surface area contributed by atoms with Crippen LogP contribution in [0.4, 0.5) is 4.79 Å². The second kappa shape index (κ2) is 6.25. The number of imide groups is 1. The van der Waals surface area contributed by atoms with Crippen LogP contribution in [0.15, 0.2) is 0 Å². The molecule has 1 N–H and O–H groups in total. The van der Waals surface area contributed by atoms with Crippen molar-refractivity contribution in [3.05, 3.63) is 0 Å². The molecule has 0 aromatic carbocycles. The first-order chi connectivity index (χ1) is 11.7. The fourth-order valence-electron chi connectivity index (χ4n) is 4.05. The number of nitrogens with zero attached hydrogens (tertiary/aromatic N) is 4. The van der Waals surface area contributed by atoms with Crippen LogP contribution in [0.2, 0.25) is 0 Å². The van der Waals surface area contributed by atoms with E-state index in [-0.39, 0.29) is 23.9 Å². The zero-order valence-electron chi connectivity index (χ0n) is 15.7. The van der Waals surface area contributed by atoms with E-state index >= 15 is 0 Å². The molecule has 25 heavy (non-hydrogen) atoms. The monoisotopic (exact) mass is 351 g/mol. The smallest absolute Gasteiger partial charge is 0.325 e. The lowest BCUT2D eigenvalue weighted by Crippen LogP contribution is -2.65. The molecule has 0 aromatic rings. The number of likely N-dealkylation sites (N-methyl/N-ethyl adjacent to an activating group) is 1. The largest absolute Gasteiger partial charge is 0.338 e. The Morgan fingerprint density at radius 2 is 1.72 bits per heavy atom. The standard InChI is InChI=1S/C17H29N5O3/c1-16(2)14(24)18-15(25)22(16)11-13(23)21-10-9-20(4)17(12-21)5-7-19(3)8-6-17/h5-12H2,1-4H3,(H,18,24,25). The van der Waals surface area contributed by atoms with Gasteiger partial charge in [-0.3, -0.25) is 19.8 Å². The first-order valence-corrected chi connectivity index (χ1v) is 8.96. The molecule has 3 aliphatic heterocycles. The molecule has 4 amide bonds. The Bertz CT molecular complexity index is 583. The summed E-state index contributed by atoms with van der Waals surface area (Å²) in [6.07, 6.45) is 2.08. The highest BCUT2D eigenvalue weighted by Gasteiger charge is 2.48. The van der Waals surface area contributed by atoms with Gasteiger partial charge in [-0.2, -0.15) is 0 Å². The molecule has 1 spiro atoms. The summed E-state index contributed by atoms with van der Waals surface area (Å²) in [7, 11) is 4.27. The Morgan fingerprint density at radius 1 is 1.08 bits per heavy atom. The van der Waals surface area contributed by atoms with Crippen LogP contribution in [0.5, 0.6) is 0 Å². The van der Waals surface area contributed by atoms with Crippen LogP contribution in [0.25, 0.3) is 0 Å². The van der Waals surface area contributed by atoms with E-state index in [0.717, 1.165) is 32.5 Å². The van der Waals surface area contributed by atoms with Gasteiger partial charge in [0.25, 0.3) is 5.91 Å². The molecule has 8 heteroatoms. The first kappa shape index (κ1) is 18.1. The summed E-state index contributed by atoms with van der Waals surface area (Å²) < 4.78 is 0. The number of hydrogen-bond donors (Lipinski definition) is 1. The van der Waals surface area contributed by atoms with Gasteiger partial charge in [0.1, 0.15) is 12.1 Å². The van der Waals surface area contributed by atoms with Crippen molar-refractivity contribution in [2.45, 2.75) is 37.8 Å². The number of amides is 4. The minimum atomic E-state index is -0.982. The lowest BCUT2D eigenvalue weighted by Gasteiger charge is -2.52. The maximum atomic E-state index is 12.9. The predicted molar refractivity (Wildman–Crippen MR) is 93.0 cm³/mol. The van der Waals surface area contributed by atoms with E-state index in [9.17, 15) is 14.4 Å². The molecule has 0 aliphatic carbocycles. The lowest BCUT2D eigenvalue weighted by atomic mass is 9.84. The minimum absolute atomic E-state index is 0.0268. The highest BCUT2D eigenvalue weighted by molar-refractivity contribution is 6.07. The molecule has 0 radical (unpaired) electrons. The van der Waals surface area contributed by atoms with Gasteiger partial charge in [0.05, 0.1) is 0 Å². The second-order valence-corrected chi connectivity index (χ2v) is 8.17. The summed E-state index contributed by atoms with van der Waals surface area (Å²) in [6, 6.07) is -0.480. The number of carbonyl (C=O) groups is 3. The van der Waals surface area contributed by atoms with Crippen molar-refractivity contribution >= 4 is 17.8 Å². The Balaban J connectivity index is 1.68. The van der Waals surface area contributed by atoms with Gasteiger partial charge in [-0.15, -0.1) is 0 Å². The average molecular weight is 351 g/mol. The highest BCUT2D eigenvalue weighted by atomic mass is 16.2. The molecule has 0 aromatic heterocycles. The Hall–Kier alpha value is -1.67. The summed E-state index contributed by atoms with van der Waals surface area (Å²) in [4.78, 5) is 44.7. The fourth-order valence-corrected chi connectivity index (χ4v) is 4.05. The SMILES string of the molecule is CN1CCC2(CC1)CN(C(=O)CN1C(=O)NC(=O)C1(C)C)CCN2C.